The van der Waals surface area contributed by atoms with E-state index in [0.29, 0.717) is 5.69 Å². The van der Waals surface area contributed by atoms with Gasteiger partial charge < -0.3 is 4.90 Å². The first-order valence-electron chi connectivity index (χ1n) is 12.1. The number of aromatic nitrogens is 2. The summed E-state index contributed by atoms with van der Waals surface area (Å²) in [6, 6.07) is 15.7. The van der Waals surface area contributed by atoms with E-state index < -0.39 is 0 Å². The third-order valence-electron chi connectivity index (χ3n) is 6.40. The van der Waals surface area contributed by atoms with Crippen LogP contribution in [0.2, 0.25) is 0 Å². The van der Waals surface area contributed by atoms with Gasteiger partial charge in [-0.3, -0.25) is 15.0 Å². The minimum Gasteiger partial charge on any atom is -0.367 e. The van der Waals surface area contributed by atoms with Crippen molar-refractivity contribution in [2.24, 2.45) is 0 Å². The highest BCUT2D eigenvalue weighted by atomic mass is 19.1. The maximum Gasteiger partial charge on any atom is 0.269 e. The zero-order valence-corrected chi connectivity index (χ0v) is 19.7. The summed E-state index contributed by atoms with van der Waals surface area (Å²) in [5.74, 6) is -0.158. The lowest BCUT2D eigenvalue weighted by atomic mass is 10.1. The zero-order valence-electron chi connectivity index (χ0n) is 19.7. The van der Waals surface area contributed by atoms with Crippen LogP contribution in [0.4, 0.5) is 15.8 Å². The summed E-state index contributed by atoms with van der Waals surface area (Å²) in [4.78, 5) is 15.2. The van der Waals surface area contributed by atoms with Gasteiger partial charge >= 0.3 is 0 Å². The van der Waals surface area contributed by atoms with Crippen LogP contribution in [-0.2, 0) is 12.8 Å². The van der Waals surface area contributed by atoms with Crippen molar-refractivity contribution < 1.29 is 9.31 Å². The predicted octanol–water partition coefficient (Wildman–Crippen LogP) is 5.02. The number of halogens is 1. The molecule has 0 saturated carbocycles. The molecule has 0 spiro atoms. The third kappa shape index (κ3) is 5.80. The smallest absolute Gasteiger partial charge is 0.269 e. The average molecular weight is 466 g/mol. The fourth-order valence-electron chi connectivity index (χ4n) is 4.48. The first-order valence-corrected chi connectivity index (χ1v) is 12.1. The Balaban J connectivity index is 1.36. The second-order valence-corrected chi connectivity index (χ2v) is 8.80. The van der Waals surface area contributed by atoms with Crippen LogP contribution >= 0.6 is 0 Å². The Labute approximate surface area is 199 Å². The minimum atomic E-state index is -0.383. The van der Waals surface area contributed by atoms with Gasteiger partial charge in [-0.2, -0.15) is 5.10 Å². The van der Waals surface area contributed by atoms with Crippen molar-refractivity contribution in [3.8, 4) is 5.69 Å². The molecule has 2 aromatic carbocycles. The maximum atomic E-state index is 14.1. The van der Waals surface area contributed by atoms with Crippen LogP contribution in [0.25, 0.3) is 5.69 Å². The lowest BCUT2D eigenvalue weighted by Crippen LogP contribution is -2.47. The number of para-hydroxylation sites is 1. The monoisotopic (exact) mass is 465 g/mol. The van der Waals surface area contributed by atoms with Crippen molar-refractivity contribution in [2.75, 3.05) is 37.6 Å². The van der Waals surface area contributed by atoms with E-state index in [9.17, 15) is 14.5 Å². The van der Waals surface area contributed by atoms with Gasteiger partial charge in [-0.25, -0.2) is 9.07 Å². The lowest BCUT2D eigenvalue weighted by molar-refractivity contribution is -0.384. The van der Waals surface area contributed by atoms with Gasteiger partial charge in [0.15, 0.2) is 0 Å². The van der Waals surface area contributed by atoms with Crippen LogP contribution in [0.1, 0.15) is 37.6 Å². The Morgan fingerprint density at radius 3 is 2.41 bits per heavy atom. The third-order valence-corrected chi connectivity index (χ3v) is 6.40. The Hall–Kier alpha value is -3.26. The molecule has 1 saturated heterocycles. The van der Waals surface area contributed by atoms with Crippen molar-refractivity contribution in [3.05, 3.63) is 81.9 Å². The standard InChI is InChI=1S/C26H32FN5O2/c1-2-3-7-21-20-24(31(28-21)22-11-13-23(14-12-22)32(33)34)8-6-15-29-16-18-30(19-17-29)26-10-5-4-9-25(26)27/h4-5,9-14,20H,2-3,6-8,15-19H2,1H3. The summed E-state index contributed by atoms with van der Waals surface area (Å²) < 4.78 is 16.0. The quantitative estimate of drug-likeness (QED) is 0.311. The lowest BCUT2D eigenvalue weighted by Gasteiger charge is -2.36. The number of non-ortho nitro benzene ring substituents is 1. The zero-order chi connectivity index (χ0) is 23.9. The fourth-order valence-corrected chi connectivity index (χ4v) is 4.48. The molecule has 0 radical (unpaired) electrons. The molecule has 0 N–H and O–H groups in total. The first kappa shape index (κ1) is 23.9. The molecule has 0 bridgehead atoms. The molecular weight excluding hydrogens is 433 g/mol. The molecule has 2 heterocycles. The Morgan fingerprint density at radius 1 is 1.00 bits per heavy atom. The molecule has 0 amide bonds. The minimum absolute atomic E-state index is 0.0817. The molecule has 1 aliphatic rings. The van der Waals surface area contributed by atoms with E-state index in [1.807, 2.05) is 16.8 Å². The van der Waals surface area contributed by atoms with Crippen LogP contribution in [0.3, 0.4) is 0 Å². The van der Waals surface area contributed by atoms with Crippen LogP contribution < -0.4 is 4.90 Å². The normalized spacial score (nSPS) is 14.5. The average Bonchev–Trinajstić information content (AvgIpc) is 3.26. The highest BCUT2D eigenvalue weighted by Crippen LogP contribution is 2.21. The van der Waals surface area contributed by atoms with Crippen LogP contribution in [0, 0.1) is 15.9 Å². The number of anilines is 1. The Bertz CT molecular complexity index is 1090. The van der Waals surface area contributed by atoms with E-state index in [0.717, 1.165) is 81.9 Å². The topological polar surface area (TPSA) is 67.4 Å². The number of rotatable bonds is 10. The fraction of sp³-hybridized carbons (Fsp3) is 0.423. The summed E-state index contributed by atoms with van der Waals surface area (Å²) in [6.07, 6.45) is 5.00. The molecule has 180 valence electrons. The summed E-state index contributed by atoms with van der Waals surface area (Å²) >= 11 is 0. The molecule has 1 aliphatic heterocycles. The Kier molecular flexibility index (Phi) is 7.90. The second kappa shape index (κ2) is 11.2. The molecule has 34 heavy (non-hydrogen) atoms. The molecule has 3 aromatic rings. The summed E-state index contributed by atoms with van der Waals surface area (Å²) in [7, 11) is 0. The summed E-state index contributed by atoms with van der Waals surface area (Å²) in [5, 5.41) is 15.8. The molecule has 7 nitrogen and oxygen atoms in total. The van der Waals surface area contributed by atoms with E-state index in [2.05, 4.69) is 22.8 Å². The maximum absolute atomic E-state index is 14.1. The number of nitro groups is 1. The van der Waals surface area contributed by atoms with Crippen molar-refractivity contribution in [3.63, 3.8) is 0 Å². The number of nitrogens with zero attached hydrogens (tertiary/aromatic N) is 5. The first-order chi connectivity index (χ1) is 16.5. The molecule has 0 unspecified atom stereocenters. The molecule has 4 rings (SSSR count). The van der Waals surface area contributed by atoms with Crippen molar-refractivity contribution >= 4 is 11.4 Å². The van der Waals surface area contributed by atoms with E-state index in [-0.39, 0.29) is 16.4 Å². The largest absolute Gasteiger partial charge is 0.367 e. The van der Waals surface area contributed by atoms with Gasteiger partial charge in [0.05, 0.1) is 22.0 Å². The molecule has 8 heteroatoms. The van der Waals surface area contributed by atoms with Crippen LogP contribution in [0.5, 0.6) is 0 Å². The van der Waals surface area contributed by atoms with E-state index in [4.69, 9.17) is 5.10 Å². The Morgan fingerprint density at radius 2 is 1.74 bits per heavy atom. The molecule has 1 aromatic heterocycles. The van der Waals surface area contributed by atoms with Crippen molar-refractivity contribution in [2.45, 2.75) is 39.0 Å². The van der Waals surface area contributed by atoms with Crippen LogP contribution in [0.15, 0.2) is 54.6 Å². The van der Waals surface area contributed by atoms with Gasteiger partial charge in [0.1, 0.15) is 5.82 Å². The number of unbranched alkanes of at least 4 members (excludes halogenated alkanes) is 1. The van der Waals surface area contributed by atoms with Gasteiger partial charge in [0.25, 0.3) is 5.69 Å². The van der Waals surface area contributed by atoms with Crippen molar-refractivity contribution in [1.82, 2.24) is 14.7 Å². The number of hydrogen-bond acceptors (Lipinski definition) is 5. The van der Waals surface area contributed by atoms with Crippen LogP contribution in [-0.4, -0.2) is 52.3 Å². The van der Waals surface area contributed by atoms with E-state index >= 15 is 0 Å². The number of nitro benzene ring substituents is 1. The summed E-state index contributed by atoms with van der Waals surface area (Å²) in [5.41, 5.74) is 3.81. The predicted molar refractivity (Wildman–Crippen MR) is 132 cm³/mol. The van der Waals surface area contributed by atoms with E-state index in [1.165, 1.54) is 18.2 Å². The summed E-state index contributed by atoms with van der Waals surface area (Å²) in [6.45, 7) is 6.61. The molecular formula is C26H32FN5O2. The molecule has 0 atom stereocenters. The highest BCUT2D eigenvalue weighted by molar-refractivity contribution is 5.48. The second-order valence-electron chi connectivity index (χ2n) is 8.80. The van der Waals surface area contributed by atoms with Gasteiger partial charge in [0, 0.05) is 44.0 Å². The van der Waals surface area contributed by atoms with Gasteiger partial charge in [-0.1, -0.05) is 25.5 Å². The molecule has 0 aliphatic carbocycles. The van der Waals surface area contributed by atoms with Gasteiger partial charge in [-0.05, 0) is 62.6 Å². The number of benzene rings is 2. The van der Waals surface area contributed by atoms with Crippen molar-refractivity contribution in [1.29, 1.82) is 0 Å². The van der Waals surface area contributed by atoms with E-state index in [1.54, 1.807) is 18.2 Å². The number of aryl methyl sites for hydroxylation is 2. The number of hydrogen-bond donors (Lipinski definition) is 0. The SMILES string of the molecule is CCCCc1cc(CCCN2CCN(c3ccccc3F)CC2)n(-c2ccc([N+](=O)[O-])cc2)n1. The van der Waals surface area contributed by atoms with Gasteiger partial charge in [0.2, 0.25) is 0 Å². The molecule has 1 fully saturated rings. The highest BCUT2D eigenvalue weighted by Gasteiger charge is 2.19. The number of piperazine rings is 1. The van der Waals surface area contributed by atoms with Gasteiger partial charge in [-0.15, -0.1) is 0 Å².